The van der Waals surface area contributed by atoms with E-state index in [0.717, 1.165) is 41.1 Å². The molecule has 0 fully saturated rings. The molecule has 3 aliphatic carbocycles. The van der Waals surface area contributed by atoms with Crippen molar-refractivity contribution in [1.82, 2.24) is 9.88 Å². The van der Waals surface area contributed by atoms with Crippen molar-refractivity contribution in [1.29, 1.82) is 0 Å². The Morgan fingerprint density at radius 2 is 1.41 bits per heavy atom. The molecular weight excluding hydrogens is 595 g/mol. The monoisotopic (exact) mass is 625 g/mol. The number of benzene rings is 6. The molecule has 0 saturated heterocycles. The van der Waals surface area contributed by atoms with E-state index in [-0.39, 0.29) is 6.04 Å². The highest BCUT2D eigenvalue weighted by Crippen LogP contribution is 2.50. The normalized spacial score (nSPS) is 17.4. The van der Waals surface area contributed by atoms with Gasteiger partial charge in [-0.3, -0.25) is 4.57 Å². The number of hydrogen-bond acceptors (Lipinski definition) is 2. The number of fused-ring (bicyclic) bond motifs is 8. The molecule has 0 bridgehead atoms. The van der Waals surface area contributed by atoms with Gasteiger partial charge in [0.25, 0.3) is 0 Å². The predicted octanol–water partition coefficient (Wildman–Crippen LogP) is 10.5. The van der Waals surface area contributed by atoms with Crippen molar-refractivity contribution in [2.24, 2.45) is 4.99 Å². The topological polar surface area (TPSA) is 29.3 Å². The molecule has 1 aromatic heterocycles. The van der Waals surface area contributed by atoms with Gasteiger partial charge in [-0.15, -0.1) is 0 Å². The number of nitrogens with zero attached hydrogens (tertiary/aromatic N) is 2. The van der Waals surface area contributed by atoms with Crippen molar-refractivity contribution >= 4 is 55.4 Å². The zero-order valence-corrected chi connectivity index (χ0v) is 26.8. The van der Waals surface area contributed by atoms with Gasteiger partial charge in [0.15, 0.2) is 0 Å². The van der Waals surface area contributed by atoms with Crippen LogP contribution >= 0.6 is 0 Å². The lowest BCUT2D eigenvalue weighted by Crippen LogP contribution is -2.42. The number of nitrogens with one attached hydrogen (secondary N) is 1. The summed E-state index contributed by atoms with van der Waals surface area (Å²) < 4.78 is 2.31. The highest BCUT2D eigenvalue weighted by molar-refractivity contribution is 6.19. The van der Waals surface area contributed by atoms with E-state index in [4.69, 9.17) is 4.99 Å². The first kappa shape index (κ1) is 26.8. The van der Waals surface area contributed by atoms with Crippen LogP contribution in [0.15, 0.2) is 162 Å². The van der Waals surface area contributed by atoms with Crippen molar-refractivity contribution in [2.45, 2.75) is 18.9 Å². The number of hydrogen-bond donors (Lipinski definition) is 1. The van der Waals surface area contributed by atoms with Crippen molar-refractivity contribution in [2.75, 3.05) is 0 Å². The van der Waals surface area contributed by atoms with E-state index in [1.807, 2.05) is 0 Å². The third-order valence-corrected chi connectivity index (χ3v) is 10.9. The fourth-order valence-electron chi connectivity index (χ4n) is 8.69. The molecule has 4 aliphatic rings. The lowest BCUT2D eigenvalue weighted by atomic mass is 9.83. The third-order valence-electron chi connectivity index (χ3n) is 10.9. The molecule has 6 aromatic carbocycles. The number of para-hydroxylation sites is 1. The Bertz CT molecular complexity index is 2730. The minimum absolute atomic E-state index is 0.0467. The Hall–Kier alpha value is -6.19. The van der Waals surface area contributed by atoms with Crippen LogP contribution in [0.4, 0.5) is 0 Å². The zero-order chi connectivity index (χ0) is 32.1. The summed E-state index contributed by atoms with van der Waals surface area (Å²) in [6, 6.07) is 46.9. The molecule has 1 N–H and O–H groups in total. The number of aryl methyl sites for hydroxylation is 1. The van der Waals surface area contributed by atoms with Gasteiger partial charge in [0.1, 0.15) is 0 Å². The Morgan fingerprint density at radius 1 is 0.612 bits per heavy atom. The number of allylic oxidation sites excluding steroid dienone is 3. The average molecular weight is 626 g/mol. The highest BCUT2D eigenvalue weighted by Gasteiger charge is 2.30. The molecule has 0 radical (unpaired) electrons. The molecule has 49 heavy (non-hydrogen) atoms. The Balaban J connectivity index is 1.07. The molecule has 1 unspecified atom stereocenters. The summed E-state index contributed by atoms with van der Waals surface area (Å²) in [4.78, 5) is 5.33. The van der Waals surface area contributed by atoms with Crippen molar-refractivity contribution in [3.8, 4) is 11.1 Å². The van der Waals surface area contributed by atoms with Gasteiger partial charge in [-0.05, 0) is 92.4 Å². The largest absolute Gasteiger partial charge is 0.345 e. The maximum Gasteiger partial charge on any atom is 0.209 e. The minimum Gasteiger partial charge on any atom is -0.345 e. The quantitative estimate of drug-likeness (QED) is 0.204. The van der Waals surface area contributed by atoms with Crippen LogP contribution in [-0.2, 0) is 6.42 Å². The molecule has 1 aliphatic heterocycles. The van der Waals surface area contributed by atoms with E-state index in [2.05, 4.69) is 162 Å². The van der Waals surface area contributed by atoms with E-state index in [0.29, 0.717) is 0 Å². The van der Waals surface area contributed by atoms with Crippen molar-refractivity contribution in [3.05, 3.63) is 185 Å². The molecule has 0 spiro atoms. The third kappa shape index (κ3) is 3.87. The van der Waals surface area contributed by atoms with E-state index in [1.165, 1.54) is 71.6 Å². The summed E-state index contributed by atoms with van der Waals surface area (Å²) in [6.07, 6.45) is 10.8. The molecule has 11 rings (SSSR count). The van der Waals surface area contributed by atoms with Gasteiger partial charge in [0.05, 0.1) is 22.8 Å². The summed E-state index contributed by atoms with van der Waals surface area (Å²) in [5.74, 6) is 0.842. The fourth-order valence-corrected chi connectivity index (χ4v) is 8.69. The molecular formula is C46H31N3. The van der Waals surface area contributed by atoms with E-state index >= 15 is 0 Å². The Morgan fingerprint density at radius 3 is 2.33 bits per heavy atom. The summed E-state index contributed by atoms with van der Waals surface area (Å²) in [5, 5.41) is 8.97. The van der Waals surface area contributed by atoms with Gasteiger partial charge in [-0.25, -0.2) is 4.99 Å². The summed E-state index contributed by atoms with van der Waals surface area (Å²) in [6.45, 7) is 0. The molecule has 3 nitrogen and oxygen atoms in total. The number of aliphatic imine (C=N–C) groups is 1. The second-order valence-corrected chi connectivity index (χ2v) is 13.5. The van der Waals surface area contributed by atoms with Crippen molar-refractivity contribution in [3.63, 3.8) is 0 Å². The molecule has 2 heterocycles. The summed E-state index contributed by atoms with van der Waals surface area (Å²) >= 11 is 0. The van der Waals surface area contributed by atoms with Crippen LogP contribution < -0.4 is 5.32 Å². The van der Waals surface area contributed by atoms with Crippen LogP contribution in [0, 0.1) is 0 Å². The van der Waals surface area contributed by atoms with Crippen LogP contribution in [0.3, 0.4) is 0 Å². The second-order valence-electron chi connectivity index (χ2n) is 13.5. The van der Waals surface area contributed by atoms with Crippen molar-refractivity contribution < 1.29 is 0 Å². The molecule has 3 heteroatoms. The highest BCUT2D eigenvalue weighted by atomic mass is 15.2. The number of rotatable bonds is 2. The first-order valence-electron chi connectivity index (χ1n) is 17.2. The SMILES string of the molecule is C1=CC2=C(c3ccccc3)N=C(n3c4ccccc4c4cc(-c5ccc6c(c5)C5=C(CC6)c6cccc7cccc5c67)ccc43)NC2C=C1. The molecule has 7 aromatic rings. The standard InChI is InChI=1S/C46H31N3/c1-2-10-30(11-3-1)45-36-15-4-6-18-40(36)47-46(48-45)49-41-19-7-5-14-33(41)39-27-32(23-25-42(39)49)31-21-20-28-22-24-35-34-16-8-12-29-13-9-17-37(43(29)34)44(35)38(28)26-31/h1-21,23,25-27,40H,22,24H2,(H,47,48). The van der Waals surface area contributed by atoms with E-state index in [1.54, 1.807) is 0 Å². The average Bonchev–Trinajstić information content (AvgIpc) is 3.68. The summed E-state index contributed by atoms with van der Waals surface area (Å²) in [7, 11) is 0. The maximum atomic E-state index is 5.33. The smallest absolute Gasteiger partial charge is 0.209 e. The fraction of sp³-hybridized carbons (Fsp3) is 0.0652. The van der Waals surface area contributed by atoms with Gasteiger partial charge in [0.2, 0.25) is 5.96 Å². The molecule has 0 amide bonds. The first-order valence-corrected chi connectivity index (χ1v) is 17.2. The molecule has 230 valence electrons. The van der Waals surface area contributed by atoms with Gasteiger partial charge in [0, 0.05) is 21.9 Å². The first-order chi connectivity index (χ1) is 24.3. The van der Waals surface area contributed by atoms with Crippen LogP contribution in [0.2, 0.25) is 0 Å². The van der Waals surface area contributed by atoms with E-state index < -0.39 is 0 Å². The van der Waals surface area contributed by atoms with E-state index in [9.17, 15) is 0 Å². The lowest BCUT2D eigenvalue weighted by molar-refractivity contribution is 0.805. The van der Waals surface area contributed by atoms with Crippen LogP contribution in [0.1, 0.15) is 34.2 Å². The number of aromatic nitrogens is 1. The zero-order valence-electron chi connectivity index (χ0n) is 26.8. The molecule has 0 saturated carbocycles. The van der Waals surface area contributed by atoms with Crippen LogP contribution in [0.5, 0.6) is 0 Å². The second kappa shape index (κ2) is 10.2. The van der Waals surface area contributed by atoms with Gasteiger partial charge in [-0.2, -0.15) is 0 Å². The predicted molar refractivity (Wildman–Crippen MR) is 204 cm³/mol. The van der Waals surface area contributed by atoms with Gasteiger partial charge < -0.3 is 5.32 Å². The summed E-state index contributed by atoms with van der Waals surface area (Å²) in [5.41, 5.74) is 16.7. The van der Waals surface area contributed by atoms with Crippen LogP contribution in [-0.4, -0.2) is 16.6 Å². The minimum atomic E-state index is 0.0467. The Kier molecular flexibility index (Phi) is 5.56. The lowest BCUT2D eigenvalue weighted by Gasteiger charge is -2.28. The van der Waals surface area contributed by atoms with Gasteiger partial charge in [-0.1, -0.05) is 127 Å². The maximum absolute atomic E-state index is 5.33. The molecule has 1 atom stereocenters. The van der Waals surface area contributed by atoms with Crippen LogP contribution in [0.25, 0.3) is 60.5 Å². The Labute approximate surface area is 284 Å². The van der Waals surface area contributed by atoms with Gasteiger partial charge >= 0.3 is 0 Å².